The van der Waals surface area contributed by atoms with Crippen LogP contribution in [-0.4, -0.2) is 241 Å². The van der Waals surface area contributed by atoms with E-state index >= 15 is 0 Å². The number of anilines is 1. The lowest BCUT2D eigenvalue weighted by Crippen LogP contribution is -2.60. The molecule has 1 aliphatic heterocycles. The fourth-order valence-corrected chi connectivity index (χ4v) is 18.4. The molecule has 12 amide bonds. The van der Waals surface area contributed by atoms with Crippen molar-refractivity contribution in [1.82, 2.24) is 51.9 Å². The van der Waals surface area contributed by atoms with Crippen LogP contribution in [0.15, 0.2) is 143 Å². The Kier molecular flexibility index (Phi) is 40.6. The number of aryl methyl sites for hydroxylation is 1. The number of amides is 12. The number of likely N-dealkylation sites (N-methyl/N-ethyl adjacent to an activating group) is 2. The van der Waals surface area contributed by atoms with E-state index in [9.17, 15) is 79.5 Å². The summed E-state index contributed by atoms with van der Waals surface area (Å²) in [4.78, 5) is 172. The molecule has 0 spiro atoms. The van der Waals surface area contributed by atoms with Crippen LogP contribution in [0.2, 0.25) is 0 Å². The molecule has 0 radical (unpaired) electrons. The minimum absolute atomic E-state index is 0.0101. The summed E-state index contributed by atoms with van der Waals surface area (Å²) in [6.45, 7) is 19.7. The Bertz CT molecular complexity index is 4660. The van der Waals surface area contributed by atoms with Crippen LogP contribution in [0.5, 0.6) is 0 Å². The highest BCUT2D eigenvalue weighted by Crippen LogP contribution is 2.32. The van der Waals surface area contributed by atoms with Crippen LogP contribution >= 0.6 is 0 Å². The molecule has 0 aromatic heterocycles. The number of methoxy groups -OCH3 is 3. The molecule has 1 heterocycles. The predicted octanol–water partition coefficient (Wildman–Crippen LogP) is 6.99. The molecular weight excluding hydrogens is 1650 g/mol. The number of likely N-dealkylation sites (tertiary alicyclic amines) is 1. The highest BCUT2D eigenvalue weighted by molar-refractivity contribution is 7.92. The molecule has 5 aromatic carbocycles. The number of carbonyl (C=O) groups is 12. The minimum Gasteiger partial charge on any atom is -0.445 e. The average molecular weight is 1780 g/mol. The number of nitrogens with two attached hydrogens (primary N) is 1. The van der Waals surface area contributed by atoms with Crippen molar-refractivity contribution in [3.05, 3.63) is 161 Å². The largest absolute Gasteiger partial charge is 0.445 e. The maximum absolute atomic E-state index is 14.9. The molecule has 33 nitrogen and oxygen atoms in total. The summed E-state index contributed by atoms with van der Waals surface area (Å²) >= 11 is 0. The summed E-state index contributed by atoms with van der Waals surface area (Å²) in [5.41, 5.74) is 7.27. The first kappa shape index (κ1) is 103. The third-order valence-corrected chi connectivity index (χ3v) is 26.2. The van der Waals surface area contributed by atoms with Crippen molar-refractivity contribution in [3.63, 3.8) is 0 Å². The Morgan fingerprint density at radius 3 is 1.74 bits per heavy atom. The van der Waals surface area contributed by atoms with Crippen LogP contribution < -0.4 is 48.3 Å². The van der Waals surface area contributed by atoms with E-state index in [1.54, 1.807) is 129 Å². The molecule has 0 bridgehead atoms. The van der Waals surface area contributed by atoms with Crippen molar-refractivity contribution >= 4 is 96.4 Å². The van der Waals surface area contributed by atoms with Gasteiger partial charge < -0.3 is 82.1 Å². The van der Waals surface area contributed by atoms with Gasteiger partial charge in [-0.25, -0.2) is 26.4 Å². The first-order chi connectivity index (χ1) is 59.1. The molecule has 1 aliphatic rings. The average Bonchev–Trinajstić information content (AvgIpc) is 1.56. The van der Waals surface area contributed by atoms with Gasteiger partial charge in [-0.1, -0.05) is 159 Å². The number of ketones is 1. The third-order valence-electron chi connectivity index (χ3n) is 22.5. The smallest absolute Gasteiger partial charge is 0.410 e. The summed E-state index contributed by atoms with van der Waals surface area (Å²) in [6.07, 6.45) is -2.29. The Morgan fingerprint density at radius 2 is 1.18 bits per heavy atom. The minimum atomic E-state index is -4.22. The quantitative estimate of drug-likeness (QED) is 0.0138. The molecule has 1 fully saturated rings. The normalized spacial score (nSPS) is 16.0. The van der Waals surface area contributed by atoms with Gasteiger partial charge in [0.15, 0.2) is 25.5 Å². The molecule has 14 atom stereocenters. The topological polar surface area (TPSA) is 462 Å². The second-order valence-electron chi connectivity index (χ2n) is 33.0. The van der Waals surface area contributed by atoms with Crippen molar-refractivity contribution in [2.24, 2.45) is 41.2 Å². The van der Waals surface area contributed by atoms with E-state index in [0.717, 1.165) is 10.5 Å². The number of primary amides is 1. The lowest BCUT2D eigenvalue weighted by Gasteiger charge is -2.41. The number of urea groups is 1. The molecule has 1 unspecified atom stereocenters. The number of carbonyl (C=O) groups excluding carboxylic acids is 12. The Morgan fingerprint density at radius 1 is 0.600 bits per heavy atom. The zero-order chi connectivity index (χ0) is 92.7. The molecule has 125 heavy (non-hydrogen) atoms. The van der Waals surface area contributed by atoms with Crippen molar-refractivity contribution in [1.29, 1.82) is 0 Å². The number of aliphatic hydroxyl groups is 1. The number of sulfone groups is 2. The molecule has 11 N–H and O–H groups in total. The van der Waals surface area contributed by atoms with Crippen LogP contribution in [0.3, 0.4) is 0 Å². The first-order valence-electron chi connectivity index (χ1n) is 42.3. The van der Waals surface area contributed by atoms with Crippen LogP contribution in [-0.2, 0) is 83.6 Å². The van der Waals surface area contributed by atoms with E-state index in [2.05, 4.69) is 42.5 Å². The van der Waals surface area contributed by atoms with Gasteiger partial charge in [0.2, 0.25) is 47.3 Å². The summed E-state index contributed by atoms with van der Waals surface area (Å²) in [5.74, 6) is -12.0. The summed E-state index contributed by atoms with van der Waals surface area (Å²) in [5, 5.41) is 32.7. The first-order valence-corrected chi connectivity index (χ1v) is 45.6. The van der Waals surface area contributed by atoms with E-state index in [0.29, 0.717) is 36.9 Å². The van der Waals surface area contributed by atoms with Crippen LogP contribution in [0, 0.1) is 42.4 Å². The van der Waals surface area contributed by atoms with E-state index in [1.807, 2.05) is 19.9 Å². The second-order valence-corrected chi connectivity index (χ2v) is 37.0. The van der Waals surface area contributed by atoms with Crippen molar-refractivity contribution < 1.29 is 98.4 Å². The zero-order valence-electron chi connectivity index (χ0n) is 74.5. The number of hydrogen-bond acceptors (Lipinski definition) is 21. The van der Waals surface area contributed by atoms with E-state index in [1.165, 1.54) is 106 Å². The lowest BCUT2D eigenvalue weighted by atomic mass is 9.89. The SMILES string of the molecule is CC[C@H](C)[C@@H]([C@@H](CC(=O)N1CCC[C@H]1[C@H](OC)[C@@H](C)C(=O)N[C@H](C)[C@@H](O)c1ccccc1)OC)N(C)C(=O)[C@@H](NC(=O)[C@H](C(C)C)N(C)C(=O)OCc1ccc(NC(=O)[C@H](CCCNC(N)=O)NC(=O)[C@@H](NC(=O)CC[C@H](NC(=O)c2ccc(C(=O)C(CS(=O)(=O)c3ccccc3)CS(=O)(=O)c3ccc(C)cc3)cc2)C(=O)NCCOC)C(C)C)cc1)C(C)C. The number of rotatable bonds is 49. The van der Waals surface area contributed by atoms with Gasteiger partial charge in [-0.3, -0.25) is 52.8 Å². The molecule has 0 aliphatic carbocycles. The van der Waals surface area contributed by atoms with Gasteiger partial charge in [0, 0.05) is 78.3 Å². The van der Waals surface area contributed by atoms with Gasteiger partial charge in [0.1, 0.15) is 36.8 Å². The Labute approximate surface area is 734 Å². The third kappa shape index (κ3) is 30.3. The Balaban J connectivity index is 1.07. The maximum atomic E-state index is 14.9. The molecule has 0 saturated carbocycles. The van der Waals surface area contributed by atoms with Gasteiger partial charge in [0.25, 0.3) is 5.91 Å². The number of nitrogens with one attached hydrogen (secondary N) is 8. The number of nitrogens with zero attached hydrogens (tertiary/aromatic N) is 3. The summed E-state index contributed by atoms with van der Waals surface area (Å²) < 4.78 is 77.7. The number of hydrogen-bond donors (Lipinski definition) is 10. The summed E-state index contributed by atoms with van der Waals surface area (Å²) in [6, 6.07) is 24.5. The van der Waals surface area contributed by atoms with Gasteiger partial charge in [-0.05, 0) is 129 Å². The predicted molar refractivity (Wildman–Crippen MR) is 470 cm³/mol. The molecule has 686 valence electrons. The molecule has 1 saturated heterocycles. The number of ether oxygens (including phenoxy) is 4. The fourth-order valence-electron chi connectivity index (χ4n) is 15.2. The lowest BCUT2D eigenvalue weighted by molar-refractivity contribution is -0.148. The highest BCUT2D eigenvalue weighted by Gasteiger charge is 2.45. The van der Waals surface area contributed by atoms with Crippen LogP contribution in [0.1, 0.15) is 164 Å². The Hall–Kier alpha value is -10.7. The number of Topliss-reactive ketones (excluding diaryl/α,β-unsaturated/α-hetero) is 1. The van der Waals surface area contributed by atoms with Crippen LogP contribution in [0.25, 0.3) is 0 Å². The highest BCUT2D eigenvalue weighted by atomic mass is 32.2. The maximum Gasteiger partial charge on any atom is 0.410 e. The number of aliphatic hydroxyl groups excluding tert-OH is 1. The van der Waals surface area contributed by atoms with Crippen molar-refractivity contribution in [3.8, 4) is 0 Å². The molecule has 5 aromatic rings. The van der Waals surface area contributed by atoms with Gasteiger partial charge in [0.05, 0.1) is 82.6 Å². The zero-order valence-corrected chi connectivity index (χ0v) is 76.1. The standard InChI is InChI=1S/C90H128N12O21S2/c1-17-58(9)78(72(121-15)50-74(104)102-48-25-31-71(102)81(122-16)59(10)82(107)94-60(11)79(105)62-26-20-18-21-27-62)100(12)88(113)76(55(4)5)99-87(112)77(56(6)7)101(13)90(115)123-51-61-34-40-66(41-35-61)95-85(110)69(30-24-46-93-89(91)114)97-86(111)75(54(2)3)98-73(103)45-44-70(84(109)92-47-49-120-14)96-83(108)64-38-36-63(37-39-64)80(106)65(52-124(116,117)67-28-22-19-23-29-67)53-125(118,119)68-42-32-57(8)33-43-68/h18-23,26-29,32-43,54-56,58-60,65,69-72,75-79,81,105H,17,24-25,30-31,44-53H2,1-16H3,(H,92,109)(H,94,107)(H,95,110)(H,96,108)(H,97,111)(H,98,103)(H,99,112)(H3,91,93,114)/t58-,59+,60+,65?,69-,70-,71-,72+,75-,76-,77-,78-,79+,81+/m0/s1. The van der Waals surface area contributed by atoms with Gasteiger partial charge >= 0.3 is 12.1 Å². The van der Waals surface area contributed by atoms with Gasteiger partial charge in [-0.15, -0.1) is 0 Å². The number of benzene rings is 5. The van der Waals surface area contributed by atoms with Crippen LogP contribution in [0.4, 0.5) is 15.3 Å². The van der Waals surface area contributed by atoms with E-state index in [4.69, 9.17) is 24.7 Å². The van der Waals surface area contributed by atoms with Crippen molar-refractivity contribution in [2.75, 3.05) is 78.5 Å². The second kappa shape index (κ2) is 49.3. The molecular formula is C90H128N12O21S2. The molecule has 6 rings (SSSR count). The summed E-state index contributed by atoms with van der Waals surface area (Å²) in [7, 11) is -1.02. The fraction of sp³-hybridized carbons (Fsp3) is 0.533. The van der Waals surface area contributed by atoms with E-state index in [-0.39, 0.29) is 96.3 Å². The van der Waals surface area contributed by atoms with Gasteiger partial charge in [-0.2, -0.15) is 0 Å². The molecule has 35 heteroatoms. The monoisotopic (exact) mass is 1780 g/mol. The van der Waals surface area contributed by atoms with E-state index < -0.39 is 193 Å². The van der Waals surface area contributed by atoms with Crippen molar-refractivity contribution in [2.45, 2.75) is 211 Å².